The van der Waals surface area contributed by atoms with Gasteiger partial charge in [0.25, 0.3) is 5.91 Å². The summed E-state index contributed by atoms with van der Waals surface area (Å²) in [5.41, 5.74) is 0.0963. The van der Waals surface area contributed by atoms with E-state index in [9.17, 15) is 37.6 Å². The van der Waals surface area contributed by atoms with Crippen LogP contribution in [-0.2, 0) is 38.2 Å². The highest BCUT2D eigenvalue weighted by atomic mass is 35.5. The Balaban J connectivity index is 1.06. The number of amides is 3. The number of hydrogen-bond acceptors (Lipinski definition) is 9. The van der Waals surface area contributed by atoms with Gasteiger partial charge in [-0.05, 0) is 124 Å². The second-order valence-electron chi connectivity index (χ2n) is 17.0. The fraction of sp³-hybridized carbons (Fsp3) is 0.467. The molecular weight excluding hydrogens is 829 g/mol. The summed E-state index contributed by atoms with van der Waals surface area (Å²) >= 11 is 12.2. The van der Waals surface area contributed by atoms with Crippen LogP contribution in [0.15, 0.2) is 54.6 Å². The number of piperazine rings is 1. The van der Waals surface area contributed by atoms with Gasteiger partial charge in [-0.3, -0.25) is 39.2 Å². The number of benzene rings is 3. The van der Waals surface area contributed by atoms with Gasteiger partial charge < -0.3 is 9.64 Å². The number of ketones is 1. The molecule has 0 bridgehead atoms. The standard InChI is InChI=1S/C45H50ClF3N6O5S/c1-26(2)37-20-35(55-43(61)54(42(59)44(55,5)6)34-9-7-32(22-50)38(21-34)45(47,48)49)10-11-39(37)60-14-13-52-23-27(3)53(28(4)24-52)25-36(56)19-30-15-29(17-33(46)18-30)16-31-8-12-40(57)51-41(31)58/h7,9-11,15,17-18,20-21,26-28,31H,8,12-14,16,19,23-25H2,1-6H3,(H,51,57,58)/t27-,28+,31?. The Bertz CT molecular complexity index is 2270. The molecule has 3 fully saturated rings. The molecule has 1 N–H and O–H groups in total. The number of nitrogens with one attached hydrogen (secondary N) is 1. The predicted octanol–water partition coefficient (Wildman–Crippen LogP) is 7.45. The zero-order chi connectivity index (χ0) is 44.6. The molecule has 324 valence electrons. The average molecular weight is 879 g/mol. The number of nitriles is 1. The lowest BCUT2D eigenvalue weighted by atomic mass is 9.90. The Morgan fingerprint density at radius 2 is 1.69 bits per heavy atom. The number of carbonyl (C=O) groups is 4. The van der Waals surface area contributed by atoms with E-state index in [1.165, 1.54) is 6.07 Å². The third kappa shape index (κ3) is 10.1. The van der Waals surface area contributed by atoms with E-state index >= 15 is 0 Å². The minimum Gasteiger partial charge on any atom is -0.492 e. The van der Waals surface area contributed by atoms with Crippen LogP contribution in [-0.4, -0.2) is 88.8 Å². The van der Waals surface area contributed by atoms with E-state index in [-0.39, 0.29) is 65.3 Å². The van der Waals surface area contributed by atoms with Gasteiger partial charge >= 0.3 is 6.18 Å². The maximum Gasteiger partial charge on any atom is 0.417 e. The highest BCUT2D eigenvalue weighted by Crippen LogP contribution is 2.41. The van der Waals surface area contributed by atoms with Crippen LogP contribution in [0.4, 0.5) is 24.5 Å². The van der Waals surface area contributed by atoms with Crippen molar-refractivity contribution in [2.24, 2.45) is 5.92 Å². The van der Waals surface area contributed by atoms with Crippen molar-refractivity contribution in [3.05, 3.63) is 87.4 Å². The molecule has 3 atom stereocenters. The van der Waals surface area contributed by atoms with Gasteiger partial charge in [0.15, 0.2) is 10.9 Å². The van der Waals surface area contributed by atoms with Gasteiger partial charge in [-0.2, -0.15) is 18.4 Å². The number of hydrogen-bond donors (Lipinski definition) is 1. The average Bonchev–Trinajstić information content (AvgIpc) is 3.35. The third-order valence-corrected chi connectivity index (χ3v) is 12.3. The minimum absolute atomic E-state index is 0.0128. The maximum atomic E-state index is 13.8. The molecule has 3 aromatic carbocycles. The van der Waals surface area contributed by atoms with Gasteiger partial charge in [-0.15, -0.1) is 0 Å². The van der Waals surface area contributed by atoms with E-state index < -0.39 is 28.7 Å². The Hall–Kier alpha value is -4.88. The molecule has 3 heterocycles. The summed E-state index contributed by atoms with van der Waals surface area (Å²) in [6.45, 7) is 14.4. The van der Waals surface area contributed by atoms with Crippen molar-refractivity contribution >= 4 is 63.8 Å². The number of nitrogens with zero attached hydrogens (tertiary/aromatic N) is 5. The lowest BCUT2D eigenvalue weighted by Crippen LogP contribution is -2.58. The molecular formula is C45H50ClF3N6O5S. The van der Waals surface area contributed by atoms with E-state index in [0.29, 0.717) is 48.9 Å². The molecule has 0 radical (unpaired) electrons. The summed E-state index contributed by atoms with van der Waals surface area (Å²) in [5.74, 6) is -0.619. The van der Waals surface area contributed by atoms with E-state index in [4.69, 9.17) is 28.6 Å². The number of rotatable bonds is 13. The highest BCUT2D eigenvalue weighted by molar-refractivity contribution is 7.81. The first-order valence-electron chi connectivity index (χ1n) is 20.4. The number of carbonyl (C=O) groups excluding carboxylic acids is 4. The predicted molar refractivity (Wildman–Crippen MR) is 231 cm³/mol. The molecule has 3 saturated heterocycles. The third-order valence-electron chi connectivity index (χ3n) is 11.7. The monoisotopic (exact) mass is 878 g/mol. The van der Waals surface area contributed by atoms with E-state index in [0.717, 1.165) is 46.8 Å². The Labute approximate surface area is 364 Å². The van der Waals surface area contributed by atoms with Crippen LogP contribution in [0.2, 0.25) is 5.02 Å². The van der Waals surface area contributed by atoms with Crippen molar-refractivity contribution in [1.29, 1.82) is 5.26 Å². The smallest absolute Gasteiger partial charge is 0.417 e. The first kappa shape index (κ1) is 45.6. The molecule has 0 aromatic heterocycles. The van der Waals surface area contributed by atoms with Crippen LogP contribution in [0.25, 0.3) is 0 Å². The Morgan fingerprint density at radius 3 is 2.33 bits per heavy atom. The molecule has 6 rings (SSSR count). The number of piperidine rings is 1. The molecule has 3 aliphatic heterocycles. The van der Waals surface area contributed by atoms with Crippen LogP contribution >= 0.6 is 23.8 Å². The molecule has 61 heavy (non-hydrogen) atoms. The SMILES string of the molecule is CC(C)c1cc(N2C(=S)N(c3ccc(C#N)c(C(F)(F)F)c3)C(=O)C2(C)C)ccc1OCCN1C[C@@H](C)N(CC(=O)Cc2cc(Cl)cc(CC3CCC(=O)NC3=O)c2)[C@@H](C)C1. The van der Waals surface area contributed by atoms with Gasteiger partial charge in [0.1, 0.15) is 17.9 Å². The largest absolute Gasteiger partial charge is 0.492 e. The summed E-state index contributed by atoms with van der Waals surface area (Å²) in [6, 6.07) is 15.9. The number of ether oxygens (including phenoxy) is 1. The maximum absolute atomic E-state index is 13.8. The summed E-state index contributed by atoms with van der Waals surface area (Å²) < 4.78 is 47.9. The molecule has 0 saturated carbocycles. The van der Waals surface area contributed by atoms with Gasteiger partial charge in [0.2, 0.25) is 11.8 Å². The number of thiocarbonyl (C=S) groups is 1. The Kier molecular flexibility index (Phi) is 13.6. The number of Topliss-reactive ketones (excluding diaryl/α,β-unsaturated/α-hetero) is 1. The highest BCUT2D eigenvalue weighted by Gasteiger charge is 2.51. The van der Waals surface area contributed by atoms with Gasteiger partial charge in [0.05, 0.1) is 29.4 Å². The summed E-state index contributed by atoms with van der Waals surface area (Å²) in [5, 5.41) is 12.2. The van der Waals surface area contributed by atoms with E-state index in [1.807, 2.05) is 32.0 Å². The molecule has 3 aliphatic rings. The van der Waals surface area contributed by atoms with E-state index in [2.05, 4.69) is 29.0 Å². The van der Waals surface area contributed by atoms with Gasteiger partial charge in [-0.1, -0.05) is 31.5 Å². The quantitative estimate of drug-likeness (QED) is 0.137. The number of halogens is 4. The summed E-state index contributed by atoms with van der Waals surface area (Å²) in [6.07, 6.45) is -3.36. The second-order valence-corrected chi connectivity index (χ2v) is 17.8. The molecule has 11 nitrogen and oxygen atoms in total. The number of anilines is 2. The van der Waals surface area contributed by atoms with Gasteiger partial charge in [0, 0.05) is 61.2 Å². The topological polar surface area (TPSA) is 126 Å². The minimum atomic E-state index is -4.80. The van der Waals surface area contributed by atoms with Crippen molar-refractivity contribution in [3.63, 3.8) is 0 Å². The number of alkyl halides is 3. The first-order chi connectivity index (χ1) is 28.7. The van der Waals surface area contributed by atoms with Crippen molar-refractivity contribution < 1.29 is 37.1 Å². The molecule has 16 heteroatoms. The van der Waals surface area contributed by atoms with Gasteiger partial charge in [-0.25, -0.2) is 0 Å². The summed E-state index contributed by atoms with van der Waals surface area (Å²) in [4.78, 5) is 58.3. The zero-order valence-electron chi connectivity index (χ0n) is 35.1. The molecule has 0 aliphatic carbocycles. The number of imide groups is 1. The fourth-order valence-corrected chi connectivity index (χ4v) is 9.41. The first-order valence-corrected chi connectivity index (χ1v) is 21.1. The second kappa shape index (κ2) is 18.2. The molecule has 3 aromatic rings. The molecule has 0 spiro atoms. The molecule has 3 amide bonds. The zero-order valence-corrected chi connectivity index (χ0v) is 36.6. The molecule has 1 unspecified atom stereocenters. The Morgan fingerprint density at radius 1 is 1.02 bits per heavy atom. The van der Waals surface area contributed by atoms with Crippen molar-refractivity contribution in [2.75, 3.05) is 42.6 Å². The summed E-state index contributed by atoms with van der Waals surface area (Å²) in [7, 11) is 0. The van der Waals surface area contributed by atoms with Crippen molar-refractivity contribution in [3.8, 4) is 11.8 Å². The lowest BCUT2D eigenvalue weighted by molar-refractivity contribution is -0.138. The normalized spacial score (nSPS) is 21.2. The van der Waals surface area contributed by atoms with Crippen LogP contribution < -0.4 is 19.9 Å². The van der Waals surface area contributed by atoms with E-state index in [1.54, 1.807) is 43.0 Å². The van der Waals surface area contributed by atoms with Crippen molar-refractivity contribution in [2.45, 2.75) is 96.9 Å². The van der Waals surface area contributed by atoms with Crippen molar-refractivity contribution in [1.82, 2.24) is 15.1 Å². The van der Waals surface area contributed by atoms with Crippen LogP contribution in [0, 0.1) is 17.2 Å². The van der Waals surface area contributed by atoms with Crippen LogP contribution in [0.3, 0.4) is 0 Å². The lowest BCUT2D eigenvalue weighted by Gasteiger charge is -2.44. The van der Waals surface area contributed by atoms with Crippen LogP contribution in [0.5, 0.6) is 5.75 Å². The van der Waals surface area contributed by atoms with Crippen LogP contribution in [0.1, 0.15) is 88.1 Å². The fourth-order valence-electron chi connectivity index (χ4n) is 8.60.